The summed E-state index contributed by atoms with van der Waals surface area (Å²) in [6.07, 6.45) is 1.09. The van der Waals surface area contributed by atoms with E-state index in [0.717, 1.165) is 49.1 Å². The molecule has 1 aliphatic rings. The summed E-state index contributed by atoms with van der Waals surface area (Å²) in [4.78, 5) is 16.8. The number of benzene rings is 2. The van der Waals surface area contributed by atoms with E-state index in [1.165, 1.54) is 0 Å². The molecule has 0 saturated carbocycles. The number of urea groups is 1. The number of nitrogens with one attached hydrogen (secondary N) is 1. The van der Waals surface area contributed by atoms with Crippen LogP contribution < -0.4 is 5.32 Å². The average molecular weight is 311 g/mol. The third kappa shape index (κ3) is 3.64. The Morgan fingerprint density at radius 2 is 2.04 bits per heavy atom. The number of likely N-dealkylation sites (tertiary alicyclic amines) is 1. The molecule has 0 aromatic heterocycles. The van der Waals surface area contributed by atoms with Crippen LogP contribution in [0.5, 0.6) is 0 Å². The van der Waals surface area contributed by atoms with Gasteiger partial charge in [0.1, 0.15) is 0 Å². The molecule has 122 valence electrons. The standard InChI is InChI=1S/C19H25N3O/c1-3-21(2)13-15-11-12-22(14-15)19(23)20-18-10-6-8-16-7-4-5-9-17(16)18/h4-10,15H,3,11-14H2,1-2H3,(H,20,23)/t15-/m1/s1. The van der Waals surface area contributed by atoms with Gasteiger partial charge in [-0.15, -0.1) is 0 Å². The lowest BCUT2D eigenvalue weighted by Crippen LogP contribution is -2.34. The van der Waals surface area contributed by atoms with Crippen molar-refractivity contribution >= 4 is 22.5 Å². The van der Waals surface area contributed by atoms with Gasteiger partial charge in [0.15, 0.2) is 0 Å². The lowest BCUT2D eigenvalue weighted by molar-refractivity contribution is 0.218. The Kier molecular flexibility index (Phi) is 4.82. The molecule has 0 aliphatic carbocycles. The number of nitrogens with zero attached hydrogens (tertiary/aromatic N) is 2. The van der Waals surface area contributed by atoms with Crippen LogP contribution in [-0.2, 0) is 0 Å². The number of fused-ring (bicyclic) bond motifs is 1. The Hall–Kier alpha value is -2.07. The molecule has 23 heavy (non-hydrogen) atoms. The Bertz CT molecular complexity index is 680. The maximum Gasteiger partial charge on any atom is 0.321 e. The molecule has 2 aromatic carbocycles. The van der Waals surface area contributed by atoms with Gasteiger partial charge in [-0.25, -0.2) is 4.79 Å². The molecular formula is C19H25N3O. The van der Waals surface area contributed by atoms with Gasteiger partial charge in [-0.2, -0.15) is 0 Å². The van der Waals surface area contributed by atoms with Gasteiger partial charge in [-0.1, -0.05) is 43.3 Å². The SMILES string of the molecule is CCN(C)C[C@H]1CCN(C(=O)Nc2cccc3ccccc23)C1. The summed E-state index contributed by atoms with van der Waals surface area (Å²) in [5.74, 6) is 0.582. The summed E-state index contributed by atoms with van der Waals surface area (Å²) in [6, 6.07) is 14.2. The fourth-order valence-electron chi connectivity index (χ4n) is 3.26. The summed E-state index contributed by atoms with van der Waals surface area (Å²) in [5.41, 5.74) is 0.891. The minimum absolute atomic E-state index is 0.0167. The normalized spacial score (nSPS) is 17.9. The zero-order chi connectivity index (χ0) is 16.2. The van der Waals surface area contributed by atoms with Crippen LogP contribution >= 0.6 is 0 Å². The largest absolute Gasteiger partial charge is 0.324 e. The molecule has 0 unspecified atom stereocenters. The second-order valence-electron chi connectivity index (χ2n) is 6.41. The molecule has 0 spiro atoms. The Labute approximate surface area is 138 Å². The number of hydrogen-bond donors (Lipinski definition) is 1. The van der Waals surface area contributed by atoms with E-state index in [9.17, 15) is 4.79 Å². The van der Waals surface area contributed by atoms with Crippen molar-refractivity contribution in [3.63, 3.8) is 0 Å². The van der Waals surface area contributed by atoms with E-state index in [-0.39, 0.29) is 6.03 Å². The second-order valence-corrected chi connectivity index (χ2v) is 6.41. The Morgan fingerprint density at radius 3 is 2.87 bits per heavy atom. The topological polar surface area (TPSA) is 35.6 Å². The van der Waals surface area contributed by atoms with Gasteiger partial charge in [-0.05, 0) is 37.4 Å². The highest BCUT2D eigenvalue weighted by Crippen LogP contribution is 2.24. The first-order chi connectivity index (χ1) is 11.2. The van der Waals surface area contributed by atoms with E-state index in [2.05, 4.69) is 36.3 Å². The quantitative estimate of drug-likeness (QED) is 0.935. The first kappa shape index (κ1) is 15.8. The van der Waals surface area contributed by atoms with Gasteiger partial charge in [0.2, 0.25) is 0 Å². The Balaban J connectivity index is 1.65. The van der Waals surface area contributed by atoms with E-state index in [4.69, 9.17) is 0 Å². The van der Waals surface area contributed by atoms with E-state index in [1.54, 1.807) is 0 Å². The zero-order valence-electron chi connectivity index (χ0n) is 14.0. The number of carbonyl (C=O) groups is 1. The van der Waals surface area contributed by atoms with E-state index in [0.29, 0.717) is 5.92 Å². The van der Waals surface area contributed by atoms with Crippen molar-refractivity contribution in [1.82, 2.24) is 9.80 Å². The molecular weight excluding hydrogens is 286 g/mol. The molecule has 1 heterocycles. The van der Waals surface area contributed by atoms with Crippen molar-refractivity contribution in [2.75, 3.05) is 38.5 Å². The molecule has 1 fully saturated rings. The number of hydrogen-bond acceptors (Lipinski definition) is 2. The van der Waals surface area contributed by atoms with Gasteiger partial charge < -0.3 is 15.1 Å². The predicted octanol–water partition coefficient (Wildman–Crippen LogP) is 3.65. The second kappa shape index (κ2) is 7.01. The average Bonchev–Trinajstić information content (AvgIpc) is 3.03. The number of amides is 2. The van der Waals surface area contributed by atoms with E-state index >= 15 is 0 Å². The molecule has 4 nitrogen and oxygen atoms in total. The minimum atomic E-state index is 0.0167. The summed E-state index contributed by atoms with van der Waals surface area (Å²) in [6.45, 7) is 5.98. The van der Waals surface area contributed by atoms with Crippen LogP contribution in [0, 0.1) is 5.92 Å². The smallest absolute Gasteiger partial charge is 0.321 e. The molecule has 1 saturated heterocycles. The van der Waals surface area contributed by atoms with Crippen molar-refractivity contribution in [1.29, 1.82) is 0 Å². The van der Waals surface area contributed by atoms with Crippen molar-refractivity contribution < 1.29 is 4.79 Å². The maximum absolute atomic E-state index is 12.6. The summed E-state index contributed by atoms with van der Waals surface area (Å²) in [5, 5.41) is 5.32. The first-order valence-electron chi connectivity index (χ1n) is 8.39. The molecule has 4 heteroatoms. The fraction of sp³-hybridized carbons (Fsp3) is 0.421. The number of rotatable bonds is 4. The van der Waals surface area contributed by atoms with Crippen molar-refractivity contribution in [2.45, 2.75) is 13.3 Å². The highest BCUT2D eigenvalue weighted by molar-refractivity contribution is 6.01. The molecule has 3 rings (SSSR count). The molecule has 1 N–H and O–H groups in total. The molecule has 1 atom stereocenters. The van der Waals surface area contributed by atoms with Crippen LogP contribution in [0.15, 0.2) is 42.5 Å². The lowest BCUT2D eigenvalue weighted by Gasteiger charge is -2.21. The third-order valence-electron chi connectivity index (χ3n) is 4.71. The summed E-state index contributed by atoms with van der Waals surface area (Å²) < 4.78 is 0. The first-order valence-corrected chi connectivity index (χ1v) is 8.39. The van der Waals surface area contributed by atoms with Crippen LogP contribution in [0.25, 0.3) is 10.8 Å². The van der Waals surface area contributed by atoms with Crippen LogP contribution in [0.1, 0.15) is 13.3 Å². The monoisotopic (exact) mass is 311 g/mol. The van der Waals surface area contributed by atoms with Gasteiger partial charge in [0.05, 0.1) is 5.69 Å². The van der Waals surface area contributed by atoms with Gasteiger partial charge in [-0.3, -0.25) is 0 Å². The molecule has 1 aliphatic heterocycles. The highest BCUT2D eigenvalue weighted by atomic mass is 16.2. The van der Waals surface area contributed by atoms with Gasteiger partial charge in [0, 0.05) is 25.0 Å². The fourth-order valence-corrected chi connectivity index (χ4v) is 3.26. The van der Waals surface area contributed by atoms with Crippen molar-refractivity contribution in [2.24, 2.45) is 5.92 Å². The van der Waals surface area contributed by atoms with Crippen molar-refractivity contribution in [3.8, 4) is 0 Å². The molecule has 2 aromatic rings. The predicted molar refractivity (Wildman–Crippen MR) is 95.8 cm³/mol. The van der Waals surface area contributed by atoms with Gasteiger partial charge in [0.25, 0.3) is 0 Å². The highest BCUT2D eigenvalue weighted by Gasteiger charge is 2.26. The van der Waals surface area contributed by atoms with E-state index in [1.807, 2.05) is 35.2 Å². The van der Waals surface area contributed by atoms with Crippen LogP contribution in [0.3, 0.4) is 0 Å². The molecule has 0 radical (unpaired) electrons. The van der Waals surface area contributed by atoms with Crippen LogP contribution in [0.2, 0.25) is 0 Å². The maximum atomic E-state index is 12.6. The van der Waals surface area contributed by atoms with Crippen LogP contribution in [-0.4, -0.2) is 49.1 Å². The molecule has 0 bridgehead atoms. The third-order valence-corrected chi connectivity index (χ3v) is 4.71. The molecule has 2 amide bonds. The minimum Gasteiger partial charge on any atom is -0.324 e. The Morgan fingerprint density at radius 1 is 1.26 bits per heavy atom. The zero-order valence-corrected chi connectivity index (χ0v) is 14.0. The summed E-state index contributed by atoms with van der Waals surface area (Å²) in [7, 11) is 2.14. The van der Waals surface area contributed by atoms with E-state index < -0.39 is 0 Å². The lowest BCUT2D eigenvalue weighted by atomic mass is 10.1. The summed E-state index contributed by atoms with van der Waals surface area (Å²) >= 11 is 0. The number of anilines is 1. The van der Waals surface area contributed by atoms with Gasteiger partial charge >= 0.3 is 6.03 Å². The number of carbonyl (C=O) groups excluding carboxylic acids is 1. The van der Waals surface area contributed by atoms with Crippen LogP contribution in [0.4, 0.5) is 10.5 Å². The van der Waals surface area contributed by atoms with Crippen molar-refractivity contribution in [3.05, 3.63) is 42.5 Å².